The molecule has 4 nitrogen and oxygen atoms in total. The van der Waals surface area contributed by atoms with E-state index in [2.05, 4.69) is 6.92 Å². The van der Waals surface area contributed by atoms with Gasteiger partial charge >= 0.3 is 11.9 Å². The molecule has 0 saturated carbocycles. The molecule has 0 aliphatic heterocycles. The van der Waals surface area contributed by atoms with Gasteiger partial charge in [-0.2, -0.15) is 0 Å². The lowest BCUT2D eigenvalue weighted by atomic mass is 10.1. The summed E-state index contributed by atoms with van der Waals surface area (Å²) in [6, 6.07) is 13.8. The monoisotopic (exact) mass is 326 g/mol. The number of carbonyl (C=O) groups is 2. The smallest absolute Gasteiger partial charge is 0.343 e. The molecule has 2 aromatic rings. The molecule has 24 heavy (non-hydrogen) atoms. The van der Waals surface area contributed by atoms with Crippen LogP contribution in [0.1, 0.15) is 53.0 Å². The highest BCUT2D eigenvalue weighted by atomic mass is 16.5. The van der Waals surface area contributed by atoms with Gasteiger partial charge in [-0.1, -0.05) is 32.4 Å². The van der Waals surface area contributed by atoms with Crippen molar-refractivity contribution in [2.24, 2.45) is 0 Å². The zero-order valence-corrected chi connectivity index (χ0v) is 14.1. The molecule has 0 fully saturated rings. The van der Waals surface area contributed by atoms with Crippen LogP contribution in [0.3, 0.4) is 0 Å². The van der Waals surface area contributed by atoms with Crippen LogP contribution in [0.2, 0.25) is 0 Å². The molecule has 2 rings (SSSR count). The number of benzene rings is 2. The lowest BCUT2D eigenvalue weighted by molar-refractivity contribution is 0.0505. The number of hydrogen-bond acceptors (Lipinski definition) is 4. The predicted octanol–water partition coefficient (Wildman–Crippen LogP) is 4.43. The second kappa shape index (κ2) is 8.87. The molecule has 126 valence electrons. The summed E-state index contributed by atoms with van der Waals surface area (Å²) in [6.45, 7) is 4.44. The average molecular weight is 326 g/mol. The lowest BCUT2D eigenvalue weighted by Crippen LogP contribution is -2.09. The number of ether oxygens (including phenoxy) is 2. The highest BCUT2D eigenvalue weighted by molar-refractivity contribution is 5.92. The average Bonchev–Trinajstić information content (AvgIpc) is 2.61. The first kappa shape index (κ1) is 17.7. The number of esters is 2. The Hall–Kier alpha value is -2.62. The summed E-state index contributed by atoms with van der Waals surface area (Å²) in [5.41, 5.74) is 2.14. The van der Waals surface area contributed by atoms with E-state index in [1.807, 2.05) is 19.1 Å². The molecular formula is C20H22O4. The van der Waals surface area contributed by atoms with Gasteiger partial charge in [0.05, 0.1) is 17.7 Å². The summed E-state index contributed by atoms with van der Waals surface area (Å²) in [5.74, 6) is -0.398. The number of hydrogen-bond donors (Lipinski definition) is 0. The second-order valence-corrected chi connectivity index (χ2v) is 5.50. The summed E-state index contributed by atoms with van der Waals surface area (Å²) >= 11 is 0. The first-order valence-electron chi connectivity index (χ1n) is 8.22. The van der Waals surface area contributed by atoms with Crippen LogP contribution in [0.5, 0.6) is 5.75 Å². The topological polar surface area (TPSA) is 52.6 Å². The summed E-state index contributed by atoms with van der Waals surface area (Å²) in [4.78, 5) is 23.8. The van der Waals surface area contributed by atoms with Crippen molar-refractivity contribution in [3.05, 3.63) is 65.2 Å². The predicted molar refractivity (Wildman–Crippen MR) is 92.4 cm³/mol. The molecule has 0 bridgehead atoms. The van der Waals surface area contributed by atoms with Gasteiger partial charge in [-0.3, -0.25) is 0 Å². The molecule has 0 aliphatic carbocycles. The Morgan fingerprint density at radius 2 is 1.38 bits per heavy atom. The third kappa shape index (κ3) is 4.95. The van der Waals surface area contributed by atoms with Crippen LogP contribution in [-0.4, -0.2) is 18.5 Å². The zero-order valence-electron chi connectivity index (χ0n) is 14.1. The zero-order chi connectivity index (χ0) is 17.4. The fourth-order valence-corrected chi connectivity index (χ4v) is 2.20. The number of aryl methyl sites for hydroxylation is 1. The van der Waals surface area contributed by atoms with Crippen molar-refractivity contribution in [3.63, 3.8) is 0 Å². The van der Waals surface area contributed by atoms with Crippen LogP contribution in [0, 0.1) is 0 Å². The van der Waals surface area contributed by atoms with Gasteiger partial charge in [0, 0.05) is 0 Å². The van der Waals surface area contributed by atoms with Crippen LogP contribution in [0.25, 0.3) is 0 Å². The van der Waals surface area contributed by atoms with Crippen molar-refractivity contribution in [1.29, 1.82) is 0 Å². The van der Waals surface area contributed by atoms with Gasteiger partial charge in [0.15, 0.2) is 0 Å². The second-order valence-electron chi connectivity index (χ2n) is 5.50. The van der Waals surface area contributed by atoms with E-state index in [1.54, 1.807) is 36.4 Å². The van der Waals surface area contributed by atoms with Gasteiger partial charge in [-0.15, -0.1) is 0 Å². The highest BCUT2D eigenvalue weighted by Gasteiger charge is 2.10. The fourth-order valence-electron chi connectivity index (χ4n) is 2.20. The van der Waals surface area contributed by atoms with Crippen molar-refractivity contribution in [3.8, 4) is 5.75 Å². The molecule has 0 N–H and O–H groups in total. The highest BCUT2D eigenvalue weighted by Crippen LogP contribution is 2.16. The van der Waals surface area contributed by atoms with Crippen molar-refractivity contribution in [2.45, 2.75) is 33.1 Å². The third-order valence-corrected chi connectivity index (χ3v) is 3.47. The van der Waals surface area contributed by atoms with Crippen LogP contribution < -0.4 is 4.74 Å². The van der Waals surface area contributed by atoms with Gasteiger partial charge in [0.25, 0.3) is 0 Å². The Balaban J connectivity index is 1.97. The third-order valence-electron chi connectivity index (χ3n) is 3.47. The standard InChI is InChI=1S/C20H22O4/c1-3-5-15-6-8-17(9-7-15)20(22)24-18-12-10-16(11-13-18)19(21)23-14-4-2/h6-13H,3-5,14H2,1-2H3. The molecule has 0 amide bonds. The van der Waals surface area contributed by atoms with Gasteiger partial charge in [-0.25, -0.2) is 9.59 Å². The summed E-state index contributed by atoms with van der Waals surface area (Å²) in [5, 5.41) is 0. The Kier molecular flexibility index (Phi) is 6.55. The maximum Gasteiger partial charge on any atom is 0.343 e. The lowest BCUT2D eigenvalue weighted by Gasteiger charge is -2.07. The quantitative estimate of drug-likeness (QED) is 0.558. The molecule has 2 aromatic carbocycles. The van der Waals surface area contributed by atoms with Crippen LogP contribution in [-0.2, 0) is 11.2 Å². The first-order chi connectivity index (χ1) is 11.6. The van der Waals surface area contributed by atoms with E-state index in [4.69, 9.17) is 9.47 Å². The first-order valence-corrected chi connectivity index (χ1v) is 8.22. The fraction of sp³-hybridized carbons (Fsp3) is 0.300. The molecule has 0 atom stereocenters. The minimum Gasteiger partial charge on any atom is -0.462 e. The van der Waals surface area contributed by atoms with Gasteiger partial charge < -0.3 is 9.47 Å². The number of carbonyl (C=O) groups excluding carboxylic acids is 2. The molecule has 0 aromatic heterocycles. The Labute approximate surface area is 142 Å². The molecule has 0 unspecified atom stereocenters. The molecule has 0 radical (unpaired) electrons. The summed E-state index contributed by atoms with van der Waals surface area (Å²) in [6.07, 6.45) is 2.83. The van der Waals surface area contributed by atoms with E-state index >= 15 is 0 Å². The van der Waals surface area contributed by atoms with Crippen molar-refractivity contribution in [2.75, 3.05) is 6.61 Å². The maximum atomic E-state index is 12.1. The van der Waals surface area contributed by atoms with Crippen LogP contribution in [0.15, 0.2) is 48.5 Å². The van der Waals surface area contributed by atoms with E-state index in [0.717, 1.165) is 19.3 Å². The molecule has 0 saturated heterocycles. The van der Waals surface area contributed by atoms with Crippen LogP contribution in [0.4, 0.5) is 0 Å². The van der Waals surface area contributed by atoms with Crippen molar-refractivity contribution < 1.29 is 19.1 Å². The van der Waals surface area contributed by atoms with E-state index in [-0.39, 0.29) is 5.97 Å². The van der Waals surface area contributed by atoms with E-state index in [1.165, 1.54) is 5.56 Å². The summed E-state index contributed by atoms with van der Waals surface area (Å²) < 4.78 is 10.4. The largest absolute Gasteiger partial charge is 0.462 e. The normalized spacial score (nSPS) is 10.2. The van der Waals surface area contributed by atoms with Crippen LogP contribution >= 0.6 is 0 Å². The molecule has 0 spiro atoms. The minimum atomic E-state index is -0.417. The Morgan fingerprint density at radius 1 is 0.792 bits per heavy atom. The summed E-state index contributed by atoms with van der Waals surface area (Å²) in [7, 11) is 0. The minimum absolute atomic E-state index is 0.374. The molecule has 0 aliphatic rings. The van der Waals surface area contributed by atoms with Gasteiger partial charge in [0.1, 0.15) is 5.75 Å². The molecule has 0 heterocycles. The van der Waals surface area contributed by atoms with Gasteiger partial charge in [-0.05, 0) is 54.8 Å². The van der Waals surface area contributed by atoms with Gasteiger partial charge in [0.2, 0.25) is 0 Å². The SMILES string of the molecule is CCCOC(=O)c1ccc(OC(=O)c2ccc(CCC)cc2)cc1. The number of rotatable bonds is 7. The molecule has 4 heteroatoms. The van der Waals surface area contributed by atoms with E-state index < -0.39 is 5.97 Å². The van der Waals surface area contributed by atoms with E-state index in [0.29, 0.717) is 23.5 Å². The van der Waals surface area contributed by atoms with Crippen molar-refractivity contribution >= 4 is 11.9 Å². The Morgan fingerprint density at radius 3 is 1.96 bits per heavy atom. The molecular weight excluding hydrogens is 304 g/mol. The Bertz CT molecular complexity index is 672. The van der Waals surface area contributed by atoms with Crippen molar-refractivity contribution in [1.82, 2.24) is 0 Å². The maximum absolute atomic E-state index is 12.1. The van der Waals surface area contributed by atoms with E-state index in [9.17, 15) is 9.59 Å².